The molecule has 1 heterocycles. The van der Waals surface area contributed by atoms with Gasteiger partial charge in [0.1, 0.15) is 0 Å². The van der Waals surface area contributed by atoms with Crippen molar-refractivity contribution in [1.82, 2.24) is 15.1 Å². The molecule has 2 N–H and O–H groups in total. The lowest BCUT2D eigenvalue weighted by molar-refractivity contribution is 0.101. The molecule has 0 atom stereocenters. The summed E-state index contributed by atoms with van der Waals surface area (Å²) in [4.78, 5) is 11.2. The number of hydrogen-bond donors (Lipinski definition) is 2. The van der Waals surface area contributed by atoms with Crippen LogP contribution in [0.1, 0.15) is 34.2 Å². The van der Waals surface area contributed by atoms with Crippen molar-refractivity contribution in [3.63, 3.8) is 0 Å². The molecule has 0 saturated carbocycles. The molecule has 1 aromatic heterocycles. The Hall–Kier alpha value is -2.21. The number of thiocarbonyl (C=S) groups is 1. The van der Waals surface area contributed by atoms with Crippen molar-refractivity contribution < 1.29 is 4.79 Å². The van der Waals surface area contributed by atoms with Gasteiger partial charge < -0.3 is 10.6 Å². The average Bonchev–Trinajstić information content (AvgIpc) is 2.70. The van der Waals surface area contributed by atoms with Gasteiger partial charge in [0.15, 0.2) is 10.9 Å². The normalized spacial score (nSPS) is 10.4. The number of carbonyl (C=O) groups excluding carboxylic acids is 1. The molecule has 0 amide bonds. The summed E-state index contributed by atoms with van der Waals surface area (Å²) in [5.41, 5.74) is 4.81. The van der Waals surface area contributed by atoms with E-state index >= 15 is 0 Å². The van der Waals surface area contributed by atoms with Crippen LogP contribution < -0.4 is 10.6 Å². The minimum Gasteiger partial charge on any atom is -0.358 e. The Kier molecular flexibility index (Phi) is 4.92. The summed E-state index contributed by atoms with van der Waals surface area (Å²) in [7, 11) is 1.93. The van der Waals surface area contributed by atoms with Gasteiger partial charge in [0.2, 0.25) is 0 Å². The van der Waals surface area contributed by atoms with E-state index < -0.39 is 0 Å². The Morgan fingerprint density at radius 3 is 2.41 bits per heavy atom. The summed E-state index contributed by atoms with van der Waals surface area (Å²) in [5.74, 6) is 0.0507. The van der Waals surface area contributed by atoms with Crippen LogP contribution in [0.3, 0.4) is 0 Å². The highest BCUT2D eigenvalue weighted by Gasteiger charge is 2.09. The van der Waals surface area contributed by atoms with Crippen LogP contribution in [0.4, 0.5) is 5.69 Å². The molecule has 2 aromatic rings. The zero-order valence-electron chi connectivity index (χ0n) is 13.2. The highest BCUT2D eigenvalue weighted by molar-refractivity contribution is 7.80. The molecule has 22 heavy (non-hydrogen) atoms. The van der Waals surface area contributed by atoms with Gasteiger partial charge in [-0.25, -0.2) is 0 Å². The molecule has 0 unspecified atom stereocenters. The summed E-state index contributed by atoms with van der Waals surface area (Å²) in [6.07, 6.45) is 0. The molecule has 0 fully saturated rings. The largest absolute Gasteiger partial charge is 0.358 e. The SMILES string of the molecule is CC(=O)c1ccc(NC(=S)NCc2c(C)nn(C)c2C)cc1. The molecule has 1 aromatic carbocycles. The number of aromatic nitrogens is 2. The molecular weight excluding hydrogens is 296 g/mol. The highest BCUT2D eigenvalue weighted by Crippen LogP contribution is 2.12. The maximum atomic E-state index is 11.2. The van der Waals surface area contributed by atoms with Gasteiger partial charge >= 0.3 is 0 Å². The zero-order chi connectivity index (χ0) is 16.3. The second-order valence-electron chi connectivity index (χ2n) is 5.21. The highest BCUT2D eigenvalue weighted by atomic mass is 32.1. The van der Waals surface area contributed by atoms with Gasteiger partial charge in [-0.15, -0.1) is 0 Å². The Balaban J connectivity index is 1.94. The second kappa shape index (κ2) is 6.70. The van der Waals surface area contributed by atoms with E-state index in [1.54, 1.807) is 19.1 Å². The first-order chi connectivity index (χ1) is 10.4. The van der Waals surface area contributed by atoms with E-state index in [0.717, 1.165) is 22.6 Å². The molecular formula is C16H20N4OS. The van der Waals surface area contributed by atoms with E-state index in [4.69, 9.17) is 12.2 Å². The number of nitrogens with zero attached hydrogens (tertiary/aromatic N) is 2. The van der Waals surface area contributed by atoms with Crippen LogP contribution in [0, 0.1) is 13.8 Å². The summed E-state index contributed by atoms with van der Waals surface area (Å²) in [6, 6.07) is 7.24. The van der Waals surface area contributed by atoms with Crippen molar-refractivity contribution in [2.75, 3.05) is 5.32 Å². The zero-order valence-corrected chi connectivity index (χ0v) is 14.0. The van der Waals surface area contributed by atoms with Crippen molar-refractivity contribution in [1.29, 1.82) is 0 Å². The first kappa shape index (κ1) is 16.2. The summed E-state index contributed by atoms with van der Waals surface area (Å²) in [6.45, 7) is 6.20. The molecule has 0 radical (unpaired) electrons. The number of Topliss-reactive ketones (excluding diaryl/α,β-unsaturated/α-hetero) is 1. The van der Waals surface area contributed by atoms with Gasteiger partial charge in [-0.3, -0.25) is 9.48 Å². The van der Waals surface area contributed by atoms with Crippen LogP contribution in [0.15, 0.2) is 24.3 Å². The quantitative estimate of drug-likeness (QED) is 0.671. The van der Waals surface area contributed by atoms with Gasteiger partial charge in [-0.05, 0) is 57.3 Å². The van der Waals surface area contributed by atoms with Gasteiger partial charge in [-0.1, -0.05) is 0 Å². The van der Waals surface area contributed by atoms with E-state index in [1.807, 2.05) is 37.7 Å². The van der Waals surface area contributed by atoms with Crippen molar-refractivity contribution in [3.05, 3.63) is 46.8 Å². The lowest BCUT2D eigenvalue weighted by atomic mass is 10.1. The third-order valence-electron chi connectivity index (χ3n) is 3.63. The third kappa shape index (κ3) is 3.71. The predicted molar refractivity (Wildman–Crippen MR) is 92.2 cm³/mol. The van der Waals surface area contributed by atoms with E-state index in [2.05, 4.69) is 15.7 Å². The van der Waals surface area contributed by atoms with Crippen molar-refractivity contribution in [3.8, 4) is 0 Å². The Labute approximate surface area is 135 Å². The van der Waals surface area contributed by atoms with Crippen LogP contribution in [0.25, 0.3) is 0 Å². The number of nitrogens with one attached hydrogen (secondary N) is 2. The lowest BCUT2D eigenvalue weighted by Gasteiger charge is -2.11. The molecule has 0 aliphatic heterocycles. The fourth-order valence-corrected chi connectivity index (χ4v) is 2.40. The van der Waals surface area contributed by atoms with Gasteiger partial charge in [0.25, 0.3) is 0 Å². The van der Waals surface area contributed by atoms with Gasteiger partial charge in [-0.2, -0.15) is 5.10 Å². The Morgan fingerprint density at radius 2 is 1.91 bits per heavy atom. The molecule has 116 valence electrons. The summed E-state index contributed by atoms with van der Waals surface area (Å²) >= 11 is 5.30. The molecule has 0 saturated heterocycles. The van der Waals surface area contributed by atoms with Crippen LogP contribution in [0.5, 0.6) is 0 Å². The second-order valence-corrected chi connectivity index (χ2v) is 5.62. The molecule has 0 aliphatic carbocycles. The molecule has 0 spiro atoms. The Bertz CT molecular complexity index is 704. The van der Waals surface area contributed by atoms with Gasteiger partial charge in [0, 0.05) is 36.1 Å². The maximum Gasteiger partial charge on any atom is 0.171 e. The van der Waals surface area contributed by atoms with Crippen LogP contribution in [0.2, 0.25) is 0 Å². The monoisotopic (exact) mass is 316 g/mol. The van der Waals surface area contributed by atoms with Crippen molar-refractivity contribution >= 4 is 28.8 Å². The number of rotatable bonds is 4. The van der Waals surface area contributed by atoms with Crippen LogP contribution >= 0.6 is 12.2 Å². The maximum absolute atomic E-state index is 11.2. The predicted octanol–water partition coefficient (Wildman–Crippen LogP) is 2.73. The number of anilines is 1. The molecule has 2 rings (SSSR count). The lowest BCUT2D eigenvalue weighted by Crippen LogP contribution is -2.28. The van der Waals surface area contributed by atoms with Crippen LogP contribution in [-0.4, -0.2) is 20.7 Å². The molecule has 6 heteroatoms. The summed E-state index contributed by atoms with van der Waals surface area (Å²) < 4.78 is 1.86. The van der Waals surface area contributed by atoms with Crippen LogP contribution in [-0.2, 0) is 13.6 Å². The van der Waals surface area contributed by atoms with E-state index in [1.165, 1.54) is 0 Å². The minimum absolute atomic E-state index is 0.0507. The number of ketones is 1. The first-order valence-corrected chi connectivity index (χ1v) is 7.44. The van der Waals surface area contributed by atoms with Gasteiger partial charge in [0.05, 0.1) is 5.69 Å². The number of aryl methyl sites for hydroxylation is 2. The number of benzene rings is 1. The molecule has 0 bridgehead atoms. The molecule has 5 nitrogen and oxygen atoms in total. The van der Waals surface area contributed by atoms with E-state index in [0.29, 0.717) is 17.2 Å². The first-order valence-electron chi connectivity index (χ1n) is 7.03. The standard InChI is InChI=1S/C16H20N4OS/c1-10-15(11(2)20(4)19-10)9-17-16(22)18-14-7-5-13(6-8-14)12(3)21/h5-8H,9H2,1-4H3,(H2,17,18,22). The van der Waals surface area contributed by atoms with E-state index in [-0.39, 0.29) is 5.78 Å². The smallest absolute Gasteiger partial charge is 0.171 e. The van der Waals surface area contributed by atoms with Crippen molar-refractivity contribution in [2.24, 2.45) is 7.05 Å². The number of hydrogen-bond acceptors (Lipinski definition) is 3. The van der Waals surface area contributed by atoms with Crippen molar-refractivity contribution in [2.45, 2.75) is 27.3 Å². The third-order valence-corrected chi connectivity index (χ3v) is 3.88. The minimum atomic E-state index is 0.0507. The topological polar surface area (TPSA) is 59.0 Å². The van der Waals surface area contributed by atoms with E-state index in [9.17, 15) is 4.79 Å². The fourth-order valence-electron chi connectivity index (χ4n) is 2.21. The molecule has 0 aliphatic rings. The average molecular weight is 316 g/mol. The Morgan fingerprint density at radius 1 is 1.27 bits per heavy atom. The number of carbonyl (C=O) groups is 1. The fraction of sp³-hybridized carbons (Fsp3) is 0.312. The summed E-state index contributed by atoms with van der Waals surface area (Å²) in [5, 5.41) is 11.2.